The molecule has 1 aromatic rings. The first-order valence-corrected chi connectivity index (χ1v) is 10.1. The van der Waals surface area contributed by atoms with Crippen molar-refractivity contribution in [2.24, 2.45) is 5.92 Å². The van der Waals surface area contributed by atoms with Gasteiger partial charge in [0.2, 0.25) is 12.7 Å². The second-order valence-corrected chi connectivity index (χ2v) is 8.46. The molecule has 30 heavy (non-hydrogen) atoms. The maximum absolute atomic E-state index is 12.7. The lowest BCUT2D eigenvalue weighted by Crippen LogP contribution is -2.44. The average molecular weight is 419 g/mol. The molecule has 3 rings (SSSR count). The fourth-order valence-corrected chi connectivity index (χ4v) is 3.34. The number of ether oxygens (including phenoxy) is 3. The zero-order chi connectivity index (χ0) is 21.7. The molecule has 9 nitrogen and oxygen atoms in total. The van der Waals surface area contributed by atoms with Crippen LogP contribution in [0.4, 0.5) is 4.79 Å². The van der Waals surface area contributed by atoms with Gasteiger partial charge in [-0.1, -0.05) is 0 Å². The smallest absolute Gasteiger partial charge is 0.408 e. The first-order valence-electron chi connectivity index (χ1n) is 10.1. The topological polar surface area (TPSA) is 106 Å². The van der Waals surface area contributed by atoms with E-state index in [1.54, 1.807) is 39.0 Å². The molecule has 2 aliphatic rings. The predicted octanol–water partition coefficient (Wildman–Crippen LogP) is 1.91. The largest absolute Gasteiger partial charge is 0.454 e. The number of benzene rings is 1. The van der Waals surface area contributed by atoms with Gasteiger partial charge in [-0.3, -0.25) is 9.59 Å². The molecule has 2 N–H and O–H groups in total. The number of alkyl carbamates (subject to hydrolysis) is 1. The lowest BCUT2D eigenvalue weighted by Gasteiger charge is -2.32. The minimum absolute atomic E-state index is 0.0302. The quantitative estimate of drug-likeness (QED) is 0.755. The van der Waals surface area contributed by atoms with Gasteiger partial charge in [0.05, 0.1) is 6.54 Å². The molecule has 1 fully saturated rings. The Bertz CT molecular complexity index is 796. The second kappa shape index (κ2) is 9.23. The fourth-order valence-electron chi connectivity index (χ4n) is 3.34. The van der Waals surface area contributed by atoms with Crippen molar-refractivity contribution >= 4 is 17.9 Å². The van der Waals surface area contributed by atoms with Crippen molar-refractivity contribution in [1.29, 1.82) is 0 Å². The number of amides is 3. The van der Waals surface area contributed by atoms with Crippen LogP contribution in [0.1, 0.15) is 44.0 Å². The highest BCUT2D eigenvalue weighted by Gasteiger charge is 2.25. The summed E-state index contributed by atoms with van der Waals surface area (Å²) < 4.78 is 15.7. The third-order valence-corrected chi connectivity index (χ3v) is 4.90. The van der Waals surface area contributed by atoms with Crippen LogP contribution in [0.15, 0.2) is 18.2 Å². The molecule has 9 heteroatoms. The molecule has 3 amide bonds. The van der Waals surface area contributed by atoms with Crippen LogP contribution in [0, 0.1) is 5.92 Å². The summed E-state index contributed by atoms with van der Waals surface area (Å²) >= 11 is 0. The number of fused-ring (bicyclic) bond motifs is 1. The number of rotatable bonds is 5. The van der Waals surface area contributed by atoms with Crippen LogP contribution in [0.25, 0.3) is 0 Å². The van der Waals surface area contributed by atoms with E-state index in [4.69, 9.17) is 14.2 Å². The lowest BCUT2D eigenvalue weighted by atomic mass is 9.96. The van der Waals surface area contributed by atoms with Gasteiger partial charge in [0.1, 0.15) is 5.60 Å². The molecular weight excluding hydrogens is 390 g/mol. The average Bonchev–Trinajstić information content (AvgIpc) is 3.17. The highest BCUT2D eigenvalue weighted by atomic mass is 16.7. The summed E-state index contributed by atoms with van der Waals surface area (Å²) in [6.07, 6.45) is 0.986. The van der Waals surface area contributed by atoms with E-state index < -0.39 is 11.7 Å². The van der Waals surface area contributed by atoms with Crippen LogP contribution in [-0.4, -0.2) is 61.4 Å². The Morgan fingerprint density at radius 2 is 1.80 bits per heavy atom. The van der Waals surface area contributed by atoms with E-state index in [1.165, 1.54) is 0 Å². The molecule has 0 aliphatic carbocycles. The van der Waals surface area contributed by atoms with Crippen LogP contribution < -0.4 is 20.1 Å². The van der Waals surface area contributed by atoms with Crippen molar-refractivity contribution in [1.82, 2.24) is 15.5 Å². The third-order valence-electron chi connectivity index (χ3n) is 4.90. The van der Waals surface area contributed by atoms with Crippen molar-refractivity contribution < 1.29 is 28.6 Å². The van der Waals surface area contributed by atoms with E-state index >= 15 is 0 Å². The summed E-state index contributed by atoms with van der Waals surface area (Å²) in [7, 11) is 0. The van der Waals surface area contributed by atoms with Crippen molar-refractivity contribution in [3.05, 3.63) is 23.8 Å². The Balaban J connectivity index is 1.37. The maximum Gasteiger partial charge on any atom is 0.408 e. The number of hydrogen-bond donors (Lipinski definition) is 2. The normalized spacial score (nSPS) is 16.2. The van der Waals surface area contributed by atoms with Crippen molar-refractivity contribution in [2.75, 3.05) is 33.0 Å². The Morgan fingerprint density at radius 1 is 1.10 bits per heavy atom. The molecule has 2 heterocycles. The predicted molar refractivity (Wildman–Crippen MR) is 108 cm³/mol. The molecule has 0 bridgehead atoms. The van der Waals surface area contributed by atoms with Gasteiger partial charge in [-0.2, -0.15) is 0 Å². The van der Waals surface area contributed by atoms with Gasteiger partial charge < -0.3 is 29.7 Å². The molecule has 1 aromatic carbocycles. The van der Waals surface area contributed by atoms with Gasteiger partial charge in [0, 0.05) is 25.2 Å². The van der Waals surface area contributed by atoms with Gasteiger partial charge in [-0.15, -0.1) is 0 Å². The fraction of sp³-hybridized carbons (Fsp3) is 0.571. The molecule has 0 spiro atoms. The Hall–Kier alpha value is -2.97. The van der Waals surface area contributed by atoms with Crippen LogP contribution in [0.2, 0.25) is 0 Å². The number of carbonyl (C=O) groups excluding carboxylic acids is 3. The second-order valence-electron chi connectivity index (χ2n) is 8.46. The summed E-state index contributed by atoms with van der Waals surface area (Å²) in [4.78, 5) is 38.1. The molecule has 2 aliphatic heterocycles. The summed E-state index contributed by atoms with van der Waals surface area (Å²) in [5.41, 5.74) is -0.0220. The highest BCUT2D eigenvalue weighted by Crippen LogP contribution is 2.33. The van der Waals surface area contributed by atoms with Gasteiger partial charge in [-0.05, 0) is 57.7 Å². The number of nitrogens with zero attached hydrogens (tertiary/aromatic N) is 1. The van der Waals surface area contributed by atoms with Gasteiger partial charge in [-0.25, -0.2) is 4.79 Å². The summed E-state index contributed by atoms with van der Waals surface area (Å²) in [6, 6.07) is 5.22. The third kappa shape index (κ3) is 6.01. The Morgan fingerprint density at radius 3 is 2.50 bits per heavy atom. The molecule has 1 saturated heterocycles. The number of likely N-dealkylation sites (tertiary alicyclic amines) is 1. The molecule has 0 unspecified atom stereocenters. The molecule has 0 aromatic heterocycles. The van der Waals surface area contributed by atoms with E-state index in [-0.39, 0.29) is 31.1 Å². The lowest BCUT2D eigenvalue weighted by molar-refractivity contribution is -0.120. The molecule has 0 saturated carbocycles. The minimum atomic E-state index is -0.618. The first kappa shape index (κ1) is 21.7. The SMILES string of the molecule is CC(C)(C)OC(=O)NCC(=O)NCC1CCN(C(=O)c2ccc3c(c2)OCO3)CC1. The summed E-state index contributed by atoms with van der Waals surface area (Å²) in [5.74, 6) is 1.24. The van der Waals surface area contributed by atoms with Crippen molar-refractivity contribution in [3.8, 4) is 11.5 Å². The van der Waals surface area contributed by atoms with Crippen molar-refractivity contribution in [2.45, 2.75) is 39.2 Å². The molecule has 164 valence electrons. The first-order chi connectivity index (χ1) is 14.2. The summed E-state index contributed by atoms with van der Waals surface area (Å²) in [6.45, 7) is 7.10. The van der Waals surface area contributed by atoms with Crippen LogP contribution >= 0.6 is 0 Å². The summed E-state index contributed by atoms with van der Waals surface area (Å²) in [5, 5.41) is 5.27. The zero-order valence-corrected chi connectivity index (χ0v) is 17.7. The monoisotopic (exact) mass is 419 g/mol. The van der Waals surface area contributed by atoms with Crippen LogP contribution in [0.3, 0.4) is 0 Å². The Labute approximate surface area is 176 Å². The van der Waals surface area contributed by atoms with Crippen LogP contribution in [-0.2, 0) is 9.53 Å². The highest BCUT2D eigenvalue weighted by molar-refractivity contribution is 5.95. The molecular formula is C21H29N3O6. The minimum Gasteiger partial charge on any atom is -0.454 e. The number of carbonyl (C=O) groups is 3. The Kier molecular flexibility index (Phi) is 6.69. The maximum atomic E-state index is 12.7. The number of hydrogen-bond acceptors (Lipinski definition) is 6. The molecule has 0 atom stereocenters. The van der Waals surface area contributed by atoms with E-state index in [0.29, 0.717) is 36.7 Å². The zero-order valence-electron chi connectivity index (χ0n) is 17.7. The van der Waals surface area contributed by atoms with E-state index in [9.17, 15) is 14.4 Å². The van der Waals surface area contributed by atoms with Gasteiger partial charge in [0.15, 0.2) is 11.5 Å². The number of piperidine rings is 1. The van der Waals surface area contributed by atoms with E-state index in [0.717, 1.165) is 12.8 Å². The van der Waals surface area contributed by atoms with Gasteiger partial charge in [0.25, 0.3) is 5.91 Å². The van der Waals surface area contributed by atoms with Crippen molar-refractivity contribution in [3.63, 3.8) is 0 Å². The van der Waals surface area contributed by atoms with Crippen LogP contribution in [0.5, 0.6) is 11.5 Å². The number of nitrogens with one attached hydrogen (secondary N) is 2. The van der Waals surface area contributed by atoms with E-state index in [2.05, 4.69) is 10.6 Å². The van der Waals surface area contributed by atoms with Gasteiger partial charge >= 0.3 is 6.09 Å². The molecule has 0 radical (unpaired) electrons. The standard InChI is InChI=1S/C21H29N3O6/c1-21(2,3)30-20(27)23-12-18(25)22-11-14-6-8-24(9-7-14)19(26)15-4-5-16-17(10-15)29-13-28-16/h4-5,10,14H,6-9,11-13H2,1-3H3,(H,22,25)(H,23,27). The van der Waals surface area contributed by atoms with E-state index in [1.807, 2.05) is 4.90 Å².